The third-order valence-electron chi connectivity index (χ3n) is 2.91. The molecule has 2 aromatic carbocycles. The predicted octanol–water partition coefficient (Wildman–Crippen LogP) is 3.74. The second-order valence-corrected chi connectivity index (χ2v) is 5.04. The highest BCUT2D eigenvalue weighted by molar-refractivity contribution is 6.32. The average Bonchev–Trinajstić information content (AvgIpc) is 2.43. The summed E-state index contributed by atoms with van der Waals surface area (Å²) in [6, 6.07) is 11.8. The zero-order valence-electron chi connectivity index (χ0n) is 11.3. The van der Waals surface area contributed by atoms with Crippen LogP contribution in [0, 0.1) is 17.0 Å². The first-order chi connectivity index (χ1) is 9.95. The molecule has 0 aliphatic rings. The standard InChI is InChI=1S/C15H13ClN2O3/c1-10-2-4-11(5-3-10)8-15(19)17-12-6-7-13(16)14(9-12)18(20)21/h2-7,9H,8H2,1H3,(H,17,19). The minimum Gasteiger partial charge on any atom is -0.326 e. The molecule has 0 saturated heterocycles. The average molecular weight is 305 g/mol. The molecular formula is C15H13ClN2O3. The Bertz CT molecular complexity index is 684. The van der Waals surface area contributed by atoms with Crippen molar-refractivity contribution >= 4 is 28.9 Å². The van der Waals surface area contributed by atoms with E-state index in [0.717, 1.165) is 11.1 Å². The van der Waals surface area contributed by atoms with Crippen molar-refractivity contribution in [1.82, 2.24) is 0 Å². The second-order valence-electron chi connectivity index (χ2n) is 4.63. The number of hydrogen-bond donors (Lipinski definition) is 1. The van der Waals surface area contributed by atoms with Gasteiger partial charge in [0.05, 0.1) is 11.3 Å². The number of carbonyl (C=O) groups is 1. The summed E-state index contributed by atoms with van der Waals surface area (Å²) in [5.74, 6) is -0.240. The lowest BCUT2D eigenvalue weighted by molar-refractivity contribution is -0.384. The molecule has 2 rings (SSSR count). The van der Waals surface area contributed by atoms with Crippen molar-refractivity contribution in [1.29, 1.82) is 0 Å². The number of nitrogens with zero attached hydrogens (tertiary/aromatic N) is 1. The molecule has 0 fully saturated rings. The molecule has 0 aliphatic carbocycles. The van der Waals surface area contributed by atoms with Gasteiger partial charge in [0, 0.05) is 11.8 Å². The normalized spacial score (nSPS) is 10.2. The summed E-state index contributed by atoms with van der Waals surface area (Å²) in [6.45, 7) is 1.97. The van der Waals surface area contributed by atoms with Crippen molar-refractivity contribution in [3.63, 3.8) is 0 Å². The summed E-state index contributed by atoms with van der Waals surface area (Å²) in [4.78, 5) is 22.1. The number of benzene rings is 2. The van der Waals surface area contributed by atoms with Gasteiger partial charge in [0.15, 0.2) is 0 Å². The van der Waals surface area contributed by atoms with Crippen molar-refractivity contribution in [3.05, 3.63) is 68.7 Å². The van der Waals surface area contributed by atoms with E-state index in [1.165, 1.54) is 18.2 Å². The fourth-order valence-electron chi connectivity index (χ4n) is 1.83. The number of nitro groups is 1. The minimum atomic E-state index is -0.585. The van der Waals surface area contributed by atoms with E-state index >= 15 is 0 Å². The fraction of sp³-hybridized carbons (Fsp3) is 0.133. The largest absolute Gasteiger partial charge is 0.326 e. The first kappa shape index (κ1) is 15.0. The second kappa shape index (κ2) is 6.37. The molecule has 108 valence electrons. The molecule has 0 aliphatic heterocycles. The van der Waals surface area contributed by atoms with E-state index in [9.17, 15) is 14.9 Å². The van der Waals surface area contributed by atoms with Gasteiger partial charge in [-0.25, -0.2) is 0 Å². The van der Waals surface area contributed by atoms with E-state index < -0.39 is 4.92 Å². The van der Waals surface area contributed by atoms with Gasteiger partial charge in [0.2, 0.25) is 5.91 Å². The molecule has 0 radical (unpaired) electrons. The van der Waals surface area contributed by atoms with Crippen molar-refractivity contribution < 1.29 is 9.72 Å². The highest BCUT2D eigenvalue weighted by Gasteiger charge is 2.14. The van der Waals surface area contributed by atoms with Crippen LogP contribution in [0.4, 0.5) is 11.4 Å². The van der Waals surface area contributed by atoms with E-state index in [4.69, 9.17) is 11.6 Å². The molecule has 0 spiro atoms. The van der Waals surface area contributed by atoms with Crippen LogP contribution in [0.2, 0.25) is 5.02 Å². The van der Waals surface area contributed by atoms with Crippen LogP contribution >= 0.6 is 11.6 Å². The van der Waals surface area contributed by atoms with Crippen LogP contribution in [0.3, 0.4) is 0 Å². The summed E-state index contributed by atoms with van der Waals surface area (Å²) in [6.07, 6.45) is 0.205. The summed E-state index contributed by atoms with van der Waals surface area (Å²) < 4.78 is 0. The van der Waals surface area contributed by atoms with Crippen LogP contribution in [-0.2, 0) is 11.2 Å². The fourth-order valence-corrected chi connectivity index (χ4v) is 2.01. The number of nitro benzene ring substituents is 1. The molecule has 0 bridgehead atoms. The van der Waals surface area contributed by atoms with Gasteiger partial charge in [-0.1, -0.05) is 41.4 Å². The first-order valence-corrected chi connectivity index (χ1v) is 6.63. The third kappa shape index (κ3) is 4.03. The lowest BCUT2D eigenvalue weighted by Gasteiger charge is -2.06. The Morgan fingerprint density at radius 1 is 1.24 bits per heavy atom. The van der Waals surface area contributed by atoms with Gasteiger partial charge in [-0.05, 0) is 24.6 Å². The molecule has 6 heteroatoms. The van der Waals surface area contributed by atoms with Gasteiger partial charge in [0.1, 0.15) is 5.02 Å². The molecule has 0 saturated carbocycles. The Hall–Kier alpha value is -2.40. The zero-order valence-corrected chi connectivity index (χ0v) is 12.1. The van der Waals surface area contributed by atoms with Crippen LogP contribution in [0.15, 0.2) is 42.5 Å². The van der Waals surface area contributed by atoms with Gasteiger partial charge >= 0.3 is 0 Å². The van der Waals surface area contributed by atoms with Crippen LogP contribution in [0.25, 0.3) is 0 Å². The number of anilines is 1. The molecule has 5 nitrogen and oxygen atoms in total. The first-order valence-electron chi connectivity index (χ1n) is 6.25. The third-order valence-corrected chi connectivity index (χ3v) is 3.23. The Kier molecular flexibility index (Phi) is 4.55. The van der Waals surface area contributed by atoms with Gasteiger partial charge < -0.3 is 5.32 Å². The van der Waals surface area contributed by atoms with Crippen LogP contribution in [0.1, 0.15) is 11.1 Å². The quantitative estimate of drug-likeness (QED) is 0.691. The van der Waals surface area contributed by atoms with Crippen LogP contribution in [-0.4, -0.2) is 10.8 Å². The van der Waals surface area contributed by atoms with E-state index in [2.05, 4.69) is 5.32 Å². The molecular weight excluding hydrogens is 292 g/mol. The van der Waals surface area contributed by atoms with Gasteiger partial charge in [-0.15, -0.1) is 0 Å². The molecule has 0 heterocycles. The summed E-state index contributed by atoms with van der Waals surface area (Å²) in [7, 11) is 0. The summed E-state index contributed by atoms with van der Waals surface area (Å²) >= 11 is 5.72. The molecule has 2 aromatic rings. The van der Waals surface area contributed by atoms with Gasteiger partial charge in [-0.3, -0.25) is 14.9 Å². The lowest BCUT2D eigenvalue weighted by atomic mass is 10.1. The lowest BCUT2D eigenvalue weighted by Crippen LogP contribution is -2.14. The SMILES string of the molecule is Cc1ccc(CC(=O)Nc2ccc(Cl)c([N+](=O)[O-])c2)cc1. The predicted molar refractivity (Wildman–Crippen MR) is 81.6 cm³/mol. The Labute approximate surface area is 126 Å². The zero-order chi connectivity index (χ0) is 15.4. The van der Waals surface area contributed by atoms with Crippen LogP contribution < -0.4 is 5.32 Å². The topological polar surface area (TPSA) is 72.2 Å². The summed E-state index contributed by atoms with van der Waals surface area (Å²) in [5, 5.41) is 13.5. The Morgan fingerprint density at radius 2 is 1.90 bits per heavy atom. The smallest absolute Gasteiger partial charge is 0.289 e. The van der Waals surface area contributed by atoms with Crippen molar-refractivity contribution in [3.8, 4) is 0 Å². The number of rotatable bonds is 4. The Balaban J connectivity index is 2.07. The molecule has 0 atom stereocenters. The van der Waals surface area contributed by atoms with Crippen molar-refractivity contribution in [2.24, 2.45) is 0 Å². The summed E-state index contributed by atoms with van der Waals surface area (Å²) in [5.41, 5.74) is 2.11. The van der Waals surface area contributed by atoms with Crippen molar-refractivity contribution in [2.45, 2.75) is 13.3 Å². The van der Waals surface area contributed by atoms with Gasteiger partial charge in [-0.2, -0.15) is 0 Å². The number of hydrogen-bond acceptors (Lipinski definition) is 3. The van der Waals surface area contributed by atoms with E-state index in [1.807, 2.05) is 31.2 Å². The minimum absolute atomic E-state index is 0.0385. The monoisotopic (exact) mass is 304 g/mol. The molecule has 1 amide bonds. The molecule has 21 heavy (non-hydrogen) atoms. The molecule has 0 aromatic heterocycles. The molecule has 0 unspecified atom stereocenters. The Morgan fingerprint density at radius 3 is 2.52 bits per heavy atom. The van der Waals surface area contributed by atoms with E-state index in [0.29, 0.717) is 5.69 Å². The van der Waals surface area contributed by atoms with Gasteiger partial charge in [0.25, 0.3) is 5.69 Å². The van der Waals surface area contributed by atoms with E-state index in [-0.39, 0.29) is 23.0 Å². The highest BCUT2D eigenvalue weighted by atomic mass is 35.5. The highest BCUT2D eigenvalue weighted by Crippen LogP contribution is 2.27. The maximum absolute atomic E-state index is 11.9. The van der Waals surface area contributed by atoms with Crippen molar-refractivity contribution in [2.75, 3.05) is 5.32 Å². The maximum atomic E-state index is 11.9. The van der Waals surface area contributed by atoms with E-state index in [1.54, 1.807) is 0 Å². The number of amides is 1. The number of aryl methyl sites for hydroxylation is 1. The number of nitrogens with one attached hydrogen (secondary N) is 1. The van der Waals surface area contributed by atoms with Crippen LogP contribution in [0.5, 0.6) is 0 Å². The maximum Gasteiger partial charge on any atom is 0.289 e. The number of halogens is 1. The molecule has 1 N–H and O–H groups in total. The number of carbonyl (C=O) groups excluding carboxylic acids is 1.